The summed E-state index contributed by atoms with van der Waals surface area (Å²) in [6.07, 6.45) is 4.49. The molecule has 0 spiro atoms. The smallest absolute Gasteiger partial charge is 0.0630 e. The molecule has 0 saturated carbocycles. The van der Waals surface area contributed by atoms with E-state index < -0.39 is 0 Å². The van der Waals surface area contributed by atoms with E-state index in [0.29, 0.717) is 6.32 Å². The van der Waals surface area contributed by atoms with Crippen LogP contribution in [0, 0.1) is 3.57 Å². The van der Waals surface area contributed by atoms with Crippen LogP contribution >= 0.6 is 22.6 Å². The zero-order chi connectivity index (χ0) is 8.55. The Morgan fingerprint density at radius 1 is 1.33 bits per heavy atom. The van der Waals surface area contributed by atoms with Gasteiger partial charge < -0.3 is 0 Å². The van der Waals surface area contributed by atoms with Gasteiger partial charge in [-0.05, 0) is 64.6 Å². The van der Waals surface area contributed by atoms with Crippen LogP contribution in [0.15, 0.2) is 12.1 Å². The average Bonchev–Trinajstić information content (AvgIpc) is 2.52. The van der Waals surface area contributed by atoms with Crippen molar-refractivity contribution in [3.05, 3.63) is 32.4 Å². The van der Waals surface area contributed by atoms with Crippen LogP contribution in [0.5, 0.6) is 0 Å². The Kier molecular flexibility index (Phi) is 2.44. The lowest BCUT2D eigenvalue weighted by Gasteiger charge is -2.08. The zero-order valence-electron chi connectivity index (χ0n) is 6.94. The Morgan fingerprint density at radius 3 is 2.92 bits per heavy atom. The van der Waals surface area contributed by atoms with Crippen molar-refractivity contribution in [1.29, 1.82) is 0 Å². The number of benzene rings is 1. The molecule has 0 aromatic heterocycles. The lowest BCUT2D eigenvalue weighted by molar-refractivity contribution is 0.908. The van der Waals surface area contributed by atoms with Gasteiger partial charge in [-0.2, -0.15) is 0 Å². The maximum absolute atomic E-state index is 5.72. The molecular weight excluding hydrogens is 258 g/mol. The summed E-state index contributed by atoms with van der Waals surface area (Å²) in [4.78, 5) is 0. The monoisotopic (exact) mass is 268 g/mol. The standard InChI is InChI=1S/C10H10BI/c11-6-9-8-3-1-2-7(8)4-5-10(9)12/h4-5H,1-3,6H2. The van der Waals surface area contributed by atoms with Crippen molar-refractivity contribution < 1.29 is 0 Å². The highest BCUT2D eigenvalue weighted by Gasteiger charge is 2.14. The van der Waals surface area contributed by atoms with Gasteiger partial charge in [0.1, 0.15) is 0 Å². The summed E-state index contributed by atoms with van der Waals surface area (Å²) in [7, 11) is 5.72. The van der Waals surface area contributed by atoms with Gasteiger partial charge in [-0.15, -0.1) is 0 Å². The Bertz CT molecular complexity index is 307. The largest absolute Gasteiger partial charge is 0.0717 e. The molecule has 0 atom stereocenters. The van der Waals surface area contributed by atoms with Gasteiger partial charge in [0.2, 0.25) is 0 Å². The maximum atomic E-state index is 5.72. The fourth-order valence-corrected chi connectivity index (χ4v) is 2.66. The Balaban J connectivity index is 2.57. The molecule has 0 N–H and O–H groups in total. The highest BCUT2D eigenvalue weighted by atomic mass is 127. The first-order chi connectivity index (χ1) is 5.83. The Labute approximate surface area is 88.3 Å². The zero-order valence-corrected chi connectivity index (χ0v) is 9.10. The molecular formula is C10H10BI. The highest BCUT2D eigenvalue weighted by Crippen LogP contribution is 2.28. The lowest BCUT2D eigenvalue weighted by atomic mass is 9.91. The number of hydrogen-bond donors (Lipinski definition) is 0. The predicted molar refractivity (Wildman–Crippen MR) is 60.6 cm³/mol. The molecule has 0 nitrogen and oxygen atoms in total. The third kappa shape index (κ3) is 1.30. The molecule has 0 saturated heterocycles. The number of halogens is 1. The van der Waals surface area contributed by atoms with Crippen molar-refractivity contribution in [3.8, 4) is 0 Å². The van der Waals surface area contributed by atoms with Crippen LogP contribution in [0.3, 0.4) is 0 Å². The van der Waals surface area contributed by atoms with E-state index in [9.17, 15) is 0 Å². The van der Waals surface area contributed by atoms with Gasteiger partial charge in [0, 0.05) is 3.57 Å². The van der Waals surface area contributed by atoms with Crippen molar-refractivity contribution in [2.75, 3.05) is 0 Å². The fraction of sp³-hybridized carbons (Fsp3) is 0.400. The quantitative estimate of drug-likeness (QED) is 0.542. The van der Waals surface area contributed by atoms with Crippen LogP contribution in [0.4, 0.5) is 0 Å². The summed E-state index contributed by atoms with van der Waals surface area (Å²) in [5.74, 6) is 0. The van der Waals surface area contributed by atoms with E-state index in [0.717, 1.165) is 0 Å². The summed E-state index contributed by atoms with van der Waals surface area (Å²) in [6, 6.07) is 4.44. The second-order valence-electron chi connectivity index (χ2n) is 3.22. The van der Waals surface area contributed by atoms with E-state index in [4.69, 9.17) is 7.85 Å². The van der Waals surface area contributed by atoms with Gasteiger partial charge in [0.25, 0.3) is 0 Å². The predicted octanol–water partition coefficient (Wildman–Crippen LogP) is 2.45. The molecule has 1 aliphatic rings. The first-order valence-electron chi connectivity index (χ1n) is 4.32. The molecule has 12 heavy (non-hydrogen) atoms. The van der Waals surface area contributed by atoms with Crippen molar-refractivity contribution in [3.63, 3.8) is 0 Å². The summed E-state index contributed by atoms with van der Waals surface area (Å²) in [5.41, 5.74) is 4.44. The average molecular weight is 268 g/mol. The first kappa shape index (κ1) is 8.61. The van der Waals surface area contributed by atoms with Crippen molar-refractivity contribution in [2.45, 2.75) is 25.6 Å². The molecule has 0 amide bonds. The molecule has 2 heteroatoms. The molecule has 60 valence electrons. The second-order valence-corrected chi connectivity index (χ2v) is 4.38. The number of hydrogen-bond acceptors (Lipinski definition) is 0. The van der Waals surface area contributed by atoms with Gasteiger partial charge in [-0.25, -0.2) is 0 Å². The third-order valence-electron chi connectivity index (χ3n) is 2.55. The van der Waals surface area contributed by atoms with Crippen molar-refractivity contribution >= 4 is 30.4 Å². The van der Waals surface area contributed by atoms with Crippen LogP contribution in [0.1, 0.15) is 23.1 Å². The van der Waals surface area contributed by atoms with Crippen LogP contribution in [-0.2, 0) is 19.2 Å². The molecule has 0 bridgehead atoms. The Morgan fingerprint density at radius 2 is 2.17 bits per heavy atom. The van der Waals surface area contributed by atoms with Gasteiger partial charge in [0.05, 0.1) is 7.85 Å². The van der Waals surface area contributed by atoms with Crippen molar-refractivity contribution in [1.82, 2.24) is 0 Å². The minimum Gasteiger partial charge on any atom is -0.0630 e. The number of rotatable bonds is 1. The van der Waals surface area contributed by atoms with E-state index in [1.54, 1.807) is 0 Å². The van der Waals surface area contributed by atoms with Gasteiger partial charge in [0.15, 0.2) is 0 Å². The number of aryl methyl sites for hydroxylation is 1. The summed E-state index contributed by atoms with van der Waals surface area (Å²) >= 11 is 2.37. The molecule has 2 rings (SSSR count). The normalized spacial score (nSPS) is 14.8. The first-order valence-corrected chi connectivity index (χ1v) is 5.40. The van der Waals surface area contributed by atoms with E-state index >= 15 is 0 Å². The Hall–Kier alpha value is 0.0149. The fourth-order valence-electron chi connectivity index (χ4n) is 1.93. The molecule has 0 fully saturated rings. The molecule has 0 heterocycles. The summed E-state index contributed by atoms with van der Waals surface area (Å²) in [5, 5.41) is 0. The molecule has 2 radical (unpaired) electrons. The molecule has 1 aliphatic carbocycles. The van der Waals surface area contributed by atoms with Gasteiger partial charge in [-0.3, -0.25) is 0 Å². The molecule has 0 aliphatic heterocycles. The van der Waals surface area contributed by atoms with Crippen molar-refractivity contribution in [2.24, 2.45) is 0 Å². The van der Waals surface area contributed by atoms with Crippen LogP contribution in [0.2, 0.25) is 0 Å². The summed E-state index contributed by atoms with van der Waals surface area (Å²) < 4.78 is 1.33. The minimum atomic E-state index is 0.696. The van der Waals surface area contributed by atoms with E-state index in [2.05, 4.69) is 34.7 Å². The third-order valence-corrected chi connectivity index (χ3v) is 3.56. The van der Waals surface area contributed by atoms with E-state index in [-0.39, 0.29) is 0 Å². The van der Waals surface area contributed by atoms with E-state index in [1.165, 1.54) is 39.5 Å². The van der Waals surface area contributed by atoms with E-state index in [1.807, 2.05) is 0 Å². The van der Waals surface area contributed by atoms with Gasteiger partial charge in [-0.1, -0.05) is 12.4 Å². The second kappa shape index (κ2) is 3.40. The number of fused-ring (bicyclic) bond motifs is 1. The van der Waals surface area contributed by atoms with Gasteiger partial charge >= 0.3 is 0 Å². The minimum absolute atomic E-state index is 0.696. The summed E-state index contributed by atoms with van der Waals surface area (Å²) in [6.45, 7) is 0. The topological polar surface area (TPSA) is 0 Å². The highest BCUT2D eigenvalue weighted by molar-refractivity contribution is 14.1. The molecule has 1 aromatic rings. The van der Waals surface area contributed by atoms with Crippen LogP contribution < -0.4 is 0 Å². The maximum Gasteiger partial charge on any atom is 0.0717 e. The van der Waals surface area contributed by atoms with Crippen LogP contribution in [0.25, 0.3) is 0 Å². The van der Waals surface area contributed by atoms with Crippen LogP contribution in [-0.4, -0.2) is 7.85 Å². The lowest BCUT2D eigenvalue weighted by Crippen LogP contribution is -1.96. The SMILES string of the molecule is [B]Cc1c(I)ccc2c1CCC2. The molecule has 0 unspecified atom stereocenters. The molecule has 1 aromatic carbocycles.